The van der Waals surface area contributed by atoms with Gasteiger partial charge in [-0.15, -0.1) is 0 Å². The molecule has 1 aliphatic rings. The van der Waals surface area contributed by atoms with E-state index in [2.05, 4.69) is 16.8 Å². The van der Waals surface area contributed by atoms with Crippen LogP contribution in [0.5, 0.6) is 5.75 Å². The molecule has 1 N–H and O–H groups in total. The van der Waals surface area contributed by atoms with E-state index in [1.807, 2.05) is 12.1 Å². The number of phenols is 1. The van der Waals surface area contributed by atoms with Crippen molar-refractivity contribution in [2.45, 2.75) is 38.0 Å². The fraction of sp³-hybridized carbons (Fsp3) is 0.375. The molecule has 0 bridgehead atoms. The number of hydrogen-bond acceptors (Lipinski definition) is 1. The molecule has 0 spiro atoms. The van der Waals surface area contributed by atoms with Crippen LogP contribution >= 0.6 is 10.5 Å². The first-order chi connectivity index (χ1) is 8.83. The third kappa shape index (κ3) is 2.44. The number of aromatic hydroxyl groups is 1. The number of phenolic OH excluding ortho intramolecular Hbond substituents is 1. The van der Waals surface area contributed by atoms with E-state index in [1.54, 1.807) is 17.7 Å². The molecule has 3 rings (SSSR count). The van der Waals surface area contributed by atoms with Gasteiger partial charge < -0.3 is 5.11 Å². The summed E-state index contributed by atoms with van der Waals surface area (Å²) in [6.07, 6.45) is 6.93. The Morgan fingerprint density at radius 2 is 1.67 bits per heavy atom. The van der Waals surface area contributed by atoms with Crippen molar-refractivity contribution in [3.05, 3.63) is 46.7 Å². The predicted octanol–water partition coefficient (Wildman–Crippen LogP) is 5.18. The van der Waals surface area contributed by atoms with Crippen LogP contribution in [0.2, 0.25) is 0 Å². The van der Waals surface area contributed by atoms with Crippen LogP contribution in [0.25, 0.3) is 4.90 Å². The van der Waals surface area contributed by atoms with Crippen molar-refractivity contribution in [2.75, 3.05) is 0 Å². The maximum Gasteiger partial charge on any atom is 0.178 e. The monoisotopic (exact) mass is 259 g/mol. The summed E-state index contributed by atoms with van der Waals surface area (Å²) in [6, 6.07) is 9.95. The maximum absolute atomic E-state index is 9.32. The molecular weight excluding hydrogens is 240 g/mol. The van der Waals surface area contributed by atoms with Gasteiger partial charge in [-0.3, -0.25) is 0 Å². The van der Waals surface area contributed by atoms with Crippen LogP contribution < -0.4 is 0 Å². The van der Waals surface area contributed by atoms with Gasteiger partial charge in [0.1, 0.15) is 16.5 Å². The molecule has 1 fully saturated rings. The summed E-state index contributed by atoms with van der Waals surface area (Å²) >= 11 is 0. The Morgan fingerprint density at radius 3 is 2.39 bits per heavy atom. The first-order valence-electron chi connectivity index (χ1n) is 6.74. The van der Waals surface area contributed by atoms with Crippen molar-refractivity contribution in [1.29, 1.82) is 0 Å². The van der Waals surface area contributed by atoms with E-state index in [4.69, 9.17) is 0 Å². The lowest BCUT2D eigenvalue weighted by Gasteiger charge is -2.19. The van der Waals surface area contributed by atoms with E-state index in [0.717, 1.165) is 5.92 Å². The van der Waals surface area contributed by atoms with Crippen molar-refractivity contribution in [3.8, 4) is 10.6 Å². The minimum Gasteiger partial charge on any atom is -0.508 e. The highest BCUT2D eigenvalue weighted by atomic mass is 32.2. The largest absolute Gasteiger partial charge is 0.508 e. The summed E-state index contributed by atoms with van der Waals surface area (Å²) in [7, 11) is 0.116. The average Bonchev–Trinajstić information content (AvgIpc) is 2.90. The van der Waals surface area contributed by atoms with Gasteiger partial charge in [0, 0.05) is 28.2 Å². The summed E-state index contributed by atoms with van der Waals surface area (Å²) in [6.45, 7) is 0. The summed E-state index contributed by atoms with van der Waals surface area (Å²) in [5, 5.41) is 14.1. The number of rotatable bonds is 2. The summed E-state index contributed by atoms with van der Waals surface area (Å²) in [4.78, 5) is 1.30. The lowest BCUT2D eigenvalue weighted by molar-refractivity contribution is 0.444. The minimum atomic E-state index is 0.116. The number of thiophene rings is 1. The highest BCUT2D eigenvalue weighted by Crippen LogP contribution is 2.39. The molecule has 1 aromatic carbocycles. The van der Waals surface area contributed by atoms with Gasteiger partial charge in [-0.2, -0.15) is 0 Å². The van der Waals surface area contributed by atoms with E-state index in [9.17, 15) is 5.11 Å². The van der Waals surface area contributed by atoms with Gasteiger partial charge in [-0.25, -0.2) is 0 Å². The fourth-order valence-electron chi connectivity index (χ4n) is 2.80. The van der Waals surface area contributed by atoms with Crippen molar-refractivity contribution >= 4 is 10.5 Å². The summed E-state index contributed by atoms with van der Waals surface area (Å²) in [5.41, 5.74) is 1.55. The maximum atomic E-state index is 9.32. The zero-order valence-electron chi connectivity index (χ0n) is 10.5. The molecule has 1 aliphatic carbocycles. The molecule has 0 radical (unpaired) electrons. The van der Waals surface area contributed by atoms with Crippen LogP contribution in [0.15, 0.2) is 41.1 Å². The zero-order valence-corrected chi connectivity index (χ0v) is 11.3. The van der Waals surface area contributed by atoms with Crippen LogP contribution in [0.1, 0.15) is 43.6 Å². The molecule has 1 unspecified atom stereocenters. The van der Waals surface area contributed by atoms with Crippen molar-refractivity contribution in [3.63, 3.8) is 0 Å². The predicted molar refractivity (Wildman–Crippen MR) is 77.7 cm³/mol. The Hall–Kier alpha value is -1.28. The quantitative estimate of drug-likeness (QED) is 0.737. The fourth-order valence-corrected chi connectivity index (χ4v) is 4.49. The second-order valence-electron chi connectivity index (χ2n) is 5.12. The Kier molecular flexibility index (Phi) is 3.37. The van der Waals surface area contributed by atoms with Gasteiger partial charge in [-0.1, -0.05) is 19.3 Å². The lowest BCUT2D eigenvalue weighted by atomic mass is 9.85. The average molecular weight is 259 g/mol. The first kappa shape index (κ1) is 11.8. The number of hydrogen-bond donors (Lipinski definition) is 1. The molecule has 0 amide bonds. The highest BCUT2D eigenvalue weighted by Gasteiger charge is 2.20. The SMILES string of the molecule is Oc1ccc(-[s+]2ccc(C3CCCCC3)c2)cc1. The zero-order chi connectivity index (χ0) is 12.4. The molecular formula is C16H19OS+. The molecule has 2 aromatic rings. The van der Waals surface area contributed by atoms with Crippen LogP contribution in [-0.2, 0) is 0 Å². The normalized spacial score (nSPS) is 17.9. The van der Waals surface area contributed by atoms with E-state index in [1.165, 1.54) is 37.0 Å². The van der Waals surface area contributed by atoms with E-state index < -0.39 is 0 Å². The van der Waals surface area contributed by atoms with Crippen molar-refractivity contribution < 1.29 is 5.11 Å². The van der Waals surface area contributed by atoms with Crippen molar-refractivity contribution in [1.82, 2.24) is 0 Å². The highest BCUT2D eigenvalue weighted by molar-refractivity contribution is 7.37. The second-order valence-corrected chi connectivity index (χ2v) is 6.84. The molecule has 1 saturated carbocycles. The van der Waals surface area contributed by atoms with Crippen LogP contribution in [0.3, 0.4) is 0 Å². The Balaban J connectivity index is 1.82. The molecule has 0 aliphatic heterocycles. The third-order valence-electron chi connectivity index (χ3n) is 3.86. The van der Waals surface area contributed by atoms with E-state index in [0.29, 0.717) is 5.75 Å². The second kappa shape index (κ2) is 5.15. The van der Waals surface area contributed by atoms with E-state index in [-0.39, 0.29) is 10.5 Å². The van der Waals surface area contributed by atoms with Crippen LogP contribution in [-0.4, -0.2) is 5.11 Å². The molecule has 1 nitrogen and oxygen atoms in total. The van der Waals surface area contributed by atoms with Gasteiger partial charge in [0.05, 0.1) is 0 Å². The van der Waals surface area contributed by atoms with Crippen LogP contribution in [0.4, 0.5) is 0 Å². The molecule has 1 aromatic heterocycles. The molecule has 94 valence electrons. The Labute approximate surface area is 111 Å². The van der Waals surface area contributed by atoms with Crippen LogP contribution in [0, 0.1) is 0 Å². The number of benzene rings is 1. The summed E-state index contributed by atoms with van der Waals surface area (Å²) < 4.78 is 0. The van der Waals surface area contributed by atoms with Gasteiger partial charge in [-0.05, 0) is 37.0 Å². The Morgan fingerprint density at radius 1 is 0.944 bits per heavy atom. The minimum absolute atomic E-state index is 0.116. The molecule has 0 saturated heterocycles. The topological polar surface area (TPSA) is 20.2 Å². The van der Waals surface area contributed by atoms with Gasteiger partial charge >= 0.3 is 0 Å². The van der Waals surface area contributed by atoms with Crippen molar-refractivity contribution in [2.24, 2.45) is 0 Å². The molecule has 18 heavy (non-hydrogen) atoms. The van der Waals surface area contributed by atoms with E-state index >= 15 is 0 Å². The van der Waals surface area contributed by atoms with Gasteiger partial charge in [0.15, 0.2) is 4.90 Å². The lowest BCUT2D eigenvalue weighted by Crippen LogP contribution is -2.02. The van der Waals surface area contributed by atoms with Gasteiger partial charge in [0.2, 0.25) is 0 Å². The molecule has 1 heterocycles. The summed E-state index contributed by atoms with van der Waals surface area (Å²) in [5.74, 6) is 1.15. The Bertz CT molecular complexity index is 506. The molecule has 1 atom stereocenters. The molecule has 2 heteroatoms. The first-order valence-corrected chi connectivity index (χ1v) is 8.09. The van der Waals surface area contributed by atoms with Gasteiger partial charge in [0.25, 0.3) is 0 Å². The third-order valence-corrected chi connectivity index (χ3v) is 5.63. The standard InChI is InChI=1S/C16H18OS/c17-15-6-8-16(9-7-15)18-11-10-14(12-18)13-4-2-1-3-5-13/h6-13H,1-5H2/p+1. The smallest absolute Gasteiger partial charge is 0.178 e.